The third-order valence-electron chi connectivity index (χ3n) is 5.30. The largest absolute Gasteiger partial charge is 0.461 e. The molecule has 0 aliphatic carbocycles. The second-order valence-corrected chi connectivity index (χ2v) is 9.54. The van der Waals surface area contributed by atoms with Crippen molar-refractivity contribution < 1.29 is 23.1 Å². The predicted octanol–water partition coefficient (Wildman–Crippen LogP) is 5.98. The molecule has 3 aromatic rings. The van der Waals surface area contributed by atoms with E-state index in [4.69, 9.17) is 13.9 Å². The fraction of sp³-hybridized carbons (Fsp3) is 0.464. The third kappa shape index (κ3) is 9.27. The van der Waals surface area contributed by atoms with Crippen LogP contribution in [0.1, 0.15) is 56.9 Å². The number of benzene rings is 2. The van der Waals surface area contributed by atoms with Crippen LogP contribution < -0.4 is 5.32 Å². The summed E-state index contributed by atoms with van der Waals surface area (Å²) in [6, 6.07) is 14.9. The molecule has 0 radical (unpaired) electrons. The molecule has 2 aromatic carbocycles. The van der Waals surface area contributed by atoms with Crippen LogP contribution in [-0.2, 0) is 33.7 Å². The molecule has 1 aromatic heterocycles. The molecule has 34 heavy (non-hydrogen) atoms. The Balaban J connectivity index is 1.29. The highest BCUT2D eigenvalue weighted by Crippen LogP contribution is 2.22. The van der Waals surface area contributed by atoms with E-state index in [1.165, 1.54) is 12.1 Å². The van der Waals surface area contributed by atoms with E-state index in [1.807, 2.05) is 32.9 Å². The van der Waals surface area contributed by atoms with Gasteiger partial charge in [-0.1, -0.05) is 24.3 Å². The lowest BCUT2D eigenvalue weighted by Crippen LogP contribution is -2.23. The Kier molecular flexibility index (Phi) is 9.66. The van der Waals surface area contributed by atoms with E-state index < -0.39 is 5.60 Å². The van der Waals surface area contributed by atoms with Crippen LogP contribution in [0.25, 0.3) is 11.0 Å². The molecular formula is C28H36FNO4. The molecule has 1 N–H and O–H groups in total. The lowest BCUT2D eigenvalue weighted by molar-refractivity contribution is -0.154. The van der Waals surface area contributed by atoms with Gasteiger partial charge >= 0.3 is 5.97 Å². The van der Waals surface area contributed by atoms with Crippen LogP contribution in [0.15, 0.2) is 52.9 Å². The van der Waals surface area contributed by atoms with E-state index in [0.29, 0.717) is 19.6 Å². The number of carbonyl (C=O) groups excluding carboxylic acids is 1. The summed E-state index contributed by atoms with van der Waals surface area (Å²) in [5, 5.41) is 4.48. The van der Waals surface area contributed by atoms with Gasteiger partial charge in [0.1, 0.15) is 22.8 Å². The minimum atomic E-state index is -0.422. The van der Waals surface area contributed by atoms with Crippen LogP contribution in [0, 0.1) is 5.82 Å². The smallest absolute Gasteiger partial charge is 0.306 e. The molecule has 0 aliphatic heterocycles. The Morgan fingerprint density at radius 3 is 2.50 bits per heavy atom. The van der Waals surface area contributed by atoms with Gasteiger partial charge in [-0.25, -0.2) is 4.39 Å². The number of nitrogens with one attached hydrogen (secondary N) is 1. The second kappa shape index (κ2) is 12.7. The number of ether oxygens (including phenoxy) is 2. The van der Waals surface area contributed by atoms with Crippen molar-refractivity contribution in [3.8, 4) is 0 Å². The van der Waals surface area contributed by atoms with E-state index >= 15 is 0 Å². The number of fused-ring (bicyclic) bond motifs is 1. The van der Waals surface area contributed by atoms with E-state index in [1.54, 1.807) is 0 Å². The summed E-state index contributed by atoms with van der Waals surface area (Å²) in [4.78, 5) is 11.7. The molecule has 3 rings (SSSR count). The first-order valence-electron chi connectivity index (χ1n) is 12.0. The number of aryl methyl sites for hydroxylation is 2. The Hall–Kier alpha value is -2.70. The van der Waals surface area contributed by atoms with Crippen molar-refractivity contribution in [2.75, 3.05) is 19.8 Å². The van der Waals surface area contributed by atoms with Crippen LogP contribution in [0.3, 0.4) is 0 Å². The number of unbranched alkanes of at least 4 members (excludes halogenated alkanes) is 1. The monoisotopic (exact) mass is 469 g/mol. The van der Waals surface area contributed by atoms with E-state index in [-0.39, 0.29) is 11.8 Å². The first-order chi connectivity index (χ1) is 16.3. The topological polar surface area (TPSA) is 60.7 Å². The summed E-state index contributed by atoms with van der Waals surface area (Å²) in [6.45, 7) is 8.40. The predicted molar refractivity (Wildman–Crippen MR) is 132 cm³/mol. The van der Waals surface area contributed by atoms with Crippen LogP contribution in [0.2, 0.25) is 0 Å². The molecule has 0 fully saturated rings. The summed E-state index contributed by atoms with van der Waals surface area (Å²) in [6.07, 6.45) is 3.65. The van der Waals surface area contributed by atoms with Gasteiger partial charge in [0, 0.05) is 37.9 Å². The SMILES string of the molecule is CC(C)(C)OC(=O)CCCCOCCNCc1ccc2cc(CCc3ccc(F)cc3)oc2c1. The summed E-state index contributed by atoms with van der Waals surface area (Å²) in [7, 11) is 0. The highest BCUT2D eigenvalue weighted by atomic mass is 19.1. The maximum atomic E-state index is 13.0. The van der Waals surface area contributed by atoms with Gasteiger partial charge in [0.05, 0.1) is 6.61 Å². The number of furan rings is 1. The van der Waals surface area contributed by atoms with Crippen molar-refractivity contribution in [3.05, 3.63) is 71.2 Å². The lowest BCUT2D eigenvalue weighted by atomic mass is 10.1. The first kappa shape index (κ1) is 25.9. The van der Waals surface area contributed by atoms with Gasteiger partial charge in [0.25, 0.3) is 0 Å². The number of halogens is 1. The zero-order valence-corrected chi connectivity index (χ0v) is 20.5. The van der Waals surface area contributed by atoms with Gasteiger partial charge in [0.15, 0.2) is 0 Å². The second-order valence-electron chi connectivity index (χ2n) is 9.54. The van der Waals surface area contributed by atoms with Crippen molar-refractivity contribution in [1.29, 1.82) is 0 Å². The van der Waals surface area contributed by atoms with Gasteiger partial charge < -0.3 is 19.2 Å². The molecule has 5 nitrogen and oxygen atoms in total. The standard InChI is InChI=1S/C28H36FNO4/c1-28(2,3)34-27(31)6-4-5-16-32-17-15-30-20-22-7-11-23-19-25(33-26(23)18-22)14-10-21-8-12-24(29)13-9-21/h7-9,11-13,18-19,30H,4-6,10,14-17,20H2,1-3H3. The highest BCUT2D eigenvalue weighted by molar-refractivity contribution is 5.78. The minimum absolute atomic E-state index is 0.150. The van der Waals surface area contributed by atoms with Crippen molar-refractivity contribution in [1.82, 2.24) is 5.32 Å². The average molecular weight is 470 g/mol. The Bertz CT molecular complexity index is 1040. The Morgan fingerprint density at radius 2 is 1.74 bits per heavy atom. The van der Waals surface area contributed by atoms with E-state index in [0.717, 1.165) is 66.6 Å². The fourth-order valence-corrected chi connectivity index (χ4v) is 3.63. The number of rotatable bonds is 13. The van der Waals surface area contributed by atoms with Crippen molar-refractivity contribution in [2.45, 2.75) is 65.0 Å². The van der Waals surface area contributed by atoms with E-state index in [2.05, 4.69) is 29.6 Å². The maximum Gasteiger partial charge on any atom is 0.306 e. The number of esters is 1. The molecule has 6 heteroatoms. The van der Waals surface area contributed by atoms with Crippen LogP contribution in [-0.4, -0.2) is 31.3 Å². The summed E-state index contributed by atoms with van der Waals surface area (Å²) < 4.78 is 30.0. The zero-order valence-electron chi connectivity index (χ0n) is 20.5. The number of hydrogen-bond acceptors (Lipinski definition) is 5. The molecule has 0 spiro atoms. The molecule has 184 valence electrons. The molecule has 0 atom stereocenters. The highest BCUT2D eigenvalue weighted by Gasteiger charge is 2.15. The molecular weight excluding hydrogens is 433 g/mol. The molecule has 0 amide bonds. The van der Waals surface area contributed by atoms with Crippen molar-refractivity contribution >= 4 is 16.9 Å². The average Bonchev–Trinajstić information content (AvgIpc) is 3.18. The van der Waals surface area contributed by atoms with Gasteiger partial charge in [-0.05, 0) is 75.4 Å². The van der Waals surface area contributed by atoms with Gasteiger partial charge in [-0.2, -0.15) is 0 Å². The number of hydrogen-bond donors (Lipinski definition) is 1. The molecule has 0 unspecified atom stereocenters. The Labute approximate surface area is 201 Å². The van der Waals surface area contributed by atoms with Crippen LogP contribution in [0.5, 0.6) is 0 Å². The maximum absolute atomic E-state index is 13.0. The number of carbonyl (C=O) groups is 1. The van der Waals surface area contributed by atoms with Crippen LogP contribution >= 0.6 is 0 Å². The van der Waals surface area contributed by atoms with Gasteiger partial charge in [-0.15, -0.1) is 0 Å². The molecule has 1 heterocycles. The zero-order chi connectivity index (χ0) is 24.4. The quantitative estimate of drug-likeness (QED) is 0.247. The lowest BCUT2D eigenvalue weighted by Gasteiger charge is -2.19. The molecule has 0 saturated carbocycles. The fourth-order valence-electron chi connectivity index (χ4n) is 3.63. The molecule has 0 aliphatic rings. The summed E-state index contributed by atoms with van der Waals surface area (Å²) in [5.74, 6) is 0.572. The van der Waals surface area contributed by atoms with Crippen LogP contribution in [0.4, 0.5) is 4.39 Å². The van der Waals surface area contributed by atoms with Gasteiger partial charge in [0.2, 0.25) is 0 Å². The molecule has 0 saturated heterocycles. The summed E-state index contributed by atoms with van der Waals surface area (Å²) in [5.41, 5.74) is 2.71. The van der Waals surface area contributed by atoms with Gasteiger partial charge in [-0.3, -0.25) is 4.79 Å². The third-order valence-corrected chi connectivity index (χ3v) is 5.30. The normalized spacial score (nSPS) is 11.8. The first-order valence-corrected chi connectivity index (χ1v) is 12.0. The molecule has 0 bridgehead atoms. The van der Waals surface area contributed by atoms with Crippen molar-refractivity contribution in [3.63, 3.8) is 0 Å². The van der Waals surface area contributed by atoms with E-state index in [9.17, 15) is 9.18 Å². The summed E-state index contributed by atoms with van der Waals surface area (Å²) >= 11 is 0. The minimum Gasteiger partial charge on any atom is -0.461 e. The van der Waals surface area contributed by atoms with Crippen molar-refractivity contribution in [2.24, 2.45) is 0 Å². The Morgan fingerprint density at radius 1 is 0.971 bits per heavy atom.